The first-order valence-corrected chi connectivity index (χ1v) is 10.3. The smallest absolute Gasteiger partial charge is 0.232 e. The number of ether oxygens (including phenoxy) is 1. The van der Waals surface area contributed by atoms with Crippen molar-refractivity contribution in [2.75, 3.05) is 39.4 Å². The summed E-state index contributed by atoms with van der Waals surface area (Å²) in [5.74, 6) is -0.0523. The van der Waals surface area contributed by atoms with E-state index in [4.69, 9.17) is 4.74 Å². The van der Waals surface area contributed by atoms with Gasteiger partial charge in [0.1, 0.15) is 0 Å². The fourth-order valence-electron chi connectivity index (χ4n) is 3.68. The number of likely N-dealkylation sites (tertiary alicyclic amines) is 1. The van der Waals surface area contributed by atoms with Crippen molar-refractivity contribution in [1.29, 1.82) is 0 Å². The van der Waals surface area contributed by atoms with E-state index in [2.05, 4.69) is 39.5 Å². The van der Waals surface area contributed by atoms with Gasteiger partial charge in [-0.1, -0.05) is 41.0 Å². The minimum atomic E-state index is -0.134. The molecule has 2 heterocycles. The Morgan fingerprint density at radius 2 is 1.58 bits per heavy atom. The van der Waals surface area contributed by atoms with E-state index in [9.17, 15) is 9.59 Å². The van der Waals surface area contributed by atoms with E-state index >= 15 is 0 Å². The minimum Gasteiger partial charge on any atom is -0.379 e. The zero-order chi connectivity index (χ0) is 19.4. The number of hydrogen-bond acceptors (Lipinski definition) is 4. The molecule has 2 amide bonds. The number of hydrogen-bond donors (Lipinski definition) is 0. The topological polar surface area (TPSA) is 49.9 Å². The van der Waals surface area contributed by atoms with Gasteiger partial charge in [0.25, 0.3) is 0 Å². The predicted molar refractivity (Wildman–Crippen MR) is 104 cm³/mol. The average molecular weight is 367 g/mol. The van der Waals surface area contributed by atoms with Gasteiger partial charge in [-0.3, -0.25) is 19.4 Å². The molecular formula is C21H38N2O3. The largest absolute Gasteiger partial charge is 0.379 e. The van der Waals surface area contributed by atoms with Crippen LogP contribution < -0.4 is 0 Å². The molecule has 2 fully saturated rings. The van der Waals surface area contributed by atoms with Crippen LogP contribution in [-0.4, -0.2) is 61.0 Å². The minimum absolute atomic E-state index is 0.0258. The van der Waals surface area contributed by atoms with Crippen LogP contribution in [0.25, 0.3) is 0 Å². The Morgan fingerprint density at radius 3 is 2.19 bits per heavy atom. The van der Waals surface area contributed by atoms with Crippen LogP contribution in [0.15, 0.2) is 0 Å². The molecule has 2 saturated heterocycles. The maximum Gasteiger partial charge on any atom is 0.232 e. The second-order valence-electron chi connectivity index (χ2n) is 9.64. The molecule has 0 spiro atoms. The Labute approximate surface area is 159 Å². The lowest BCUT2D eigenvalue weighted by Gasteiger charge is -2.40. The normalized spacial score (nSPS) is 23.1. The van der Waals surface area contributed by atoms with Crippen molar-refractivity contribution >= 4 is 11.8 Å². The zero-order valence-electron chi connectivity index (χ0n) is 17.5. The summed E-state index contributed by atoms with van der Waals surface area (Å²) in [7, 11) is 0. The number of amides is 2. The third-order valence-corrected chi connectivity index (χ3v) is 6.58. The number of rotatable bonds is 8. The Bertz CT molecular complexity index is 490. The van der Waals surface area contributed by atoms with Crippen LogP contribution in [0.2, 0.25) is 0 Å². The molecule has 0 N–H and O–H groups in total. The highest BCUT2D eigenvalue weighted by Crippen LogP contribution is 2.44. The van der Waals surface area contributed by atoms with Crippen LogP contribution >= 0.6 is 0 Å². The average Bonchev–Trinajstić information content (AvgIpc) is 2.81. The van der Waals surface area contributed by atoms with E-state index in [1.807, 2.05) is 0 Å². The standard InChI is InChI=1S/C21H38N2O3/c1-20(2,3)21(4,5)16-17-15-18(24)23(19(17)25)10-8-6-7-9-22-11-13-26-14-12-22/h17H,6-16H2,1-5H3. The van der Waals surface area contributed by atoms with Crippen LogP contribution in [0.3, 0.4) is 0 Å². The molecule has 5 heteroatoms. The highest BCUT2D eigenvalue weighted by atomic mass is 16.5. The quantitative estimate of drug-likeness (QED) is 0.488. The molecule has 0 aromatic rings. The number of imide groups is 1. The van der Waals surface area contributed by atoms with Gasteiger partial charge in [-0.25, -0.2) is 0 Å². The van der Waals surface area contributed by atoms with Gasteiger partial charge >= 0.3 is 0 Å². The van der Waals surface area contributed by atoms with E-state index in [0.717, 1.165) is 58.5 Å². The number of carbonyl (C=O) groups excluding carboxylic acids is 2. The summed E-state index contributed by atoms with van der Waals surface area (Å²) in [6.07, 6.45) is 4.28. The molecule has 0 aromatic heterocycles. The molecule has 2 aliphatic rings. The fraction of sp³-hybridized carbons (Fsp3) is 0.905. The Balaban J connectivity index is 1.72. The predicted octanol–water partition coefficient (Wildman–Crippen LogP) is 3.33. The van der Waals surface area contributed by atoms with Gasteiger partial charge in [0.2, 0.25) is 11.8 Å². The maximum atomic E-state index is 12.7. The molecule has 0 bridgehead atoms. The molecule has 1 atom stereocenters. The van der Waals surface area contributed by atoms with Crippen LogP contribution in [0.1, 0.15) is 66.7 Å². The van der Waals surface area contributed by atoms with Crippen LogP contribution in [0.4, 0.5) is 0 Å². The van der Waals surface area contributed by atoms with Crippen LogP contribution in [-0.2, 0) is 14.3 Å². The molecule has 26 heavy (non-hydrogen) atoms. The first kappa shape index (κ1) is 21.4. The van der Waals surface area contributed by atoms with Crippen molar-refractivity contribution in [2.24, 2.45) is 16.7 Å². The Kier molecular flexibility index (Phi) is 7.26. The monoisotopic (exact) mass is 366 g/mol. The maximum absolute atomic E-state index is 12.7. The van der Waals surface area contributed by atoms with E-state index < -0.39 is 0 Å². The zero-order valence-corrected chi connectivity index (χ0v) is 17.5. The van der Waals surface area contributed by atoms with Gasteiger partial charge < -0.3 is 4.74 Å². The highest BCUT2D eigenvalue weighted by Gasteiger charge is 2.43. The van der Waals surface area contributed by atoms with Gasteiger partial charge in [0.05, 0.1) is 13.2 Å². The number of unbranched alkanes of at least 4 members (excludes halogenated alkanes) is 2. The molecule has 0 radical (unpaired) electrons. The van der Waals surface area contributed by atoms with E-state index in [1.165, 1.54) is 4.90 Å². The third-order valence-electron chi connectivity index (χ3n) is 6.58. The molecule has 2 rings (SSSR count). The van der Waals surface area contributed by atoms with E-state index in [0.29, 0.717) is 13.0 Å². The first-order valence-electron chi connectivity index (χ1n) is 10.3. The van der Waals surface area contributed by atoms with Gasteiger partial charge in [0.15, 0.2) is 0 Å². The van der Waals surface area contributed by atoms with Crippen LogP contribution in [0.5, 0.6) is 0 Å². The number of morpholine rings is 1. The third kappa shape index (κ3) is 5.53. The molecule has 5 nitrogen and oxygen atoms in total. The van der Waals surface area contributed by atoms with Gasteiger partial charge in [0, 0.05) is 32.0 Å². The summed E-state index contributed by atoms with van der Waals surface area (Å²) in [5, 5.41) is 0. The van der Waals surface area contributed by atoms with Crippen molar-refractivity contribution in [3.05, 3.63) is 0 Å². The molecule has 0 aromatic carbocycles. The second-order valence-corrected chi connectivity index (χ2v) is 9.64. The van der Waals surface area contributed by atoms with Gasteiger partial charge in [-0.2, -0.15) is 0 Å². The summed E-state index contributed by atoms with van der Waals surface area (Å²) >= 11 is 0. The fourth-order valence-corrected chi connectivity index (χ4v) is 3.68. The summed E-state index contributed by atoms with van der Waals surface area (Å²) in [6, 6.07) is 0. The summed E-state index contributed by atoms with van der Waals surface area (Å²) in [5.41, 5.74) is 0.144. The summed E-state index contributed by atoms with van der Waals surface area (Å²) in [6.45, 7) is 16.4. The summed E-state index contributed by atoms with van der Waals surface area (Å²) < 4.78 is 5.36. The van der Waals surface area contributed by atoms with Gasteiger partial charge in [-0.15, -0.1) is 0 Å². The van der Waals surface area contributed by atoms with Gasteiger partial charge in [-0.05, 0) is 36.6 Å². The van der Waals surface area contributed by atoms with Crippen LogP contribution in [0, 0.1) is 16.7 Å². The molecule has 0 aliphatic carbocycles. The van der Waals surface area contributed by atoms with E-state index in [1.54, 1.807) is 0 Å². The summed E-state index contributed by atoms with van der Waals surface area (Å²) in [4.78, 5) is 29.0. The van der Waals surface area contributed by atoms with Crippen molar-refractivity contribution in [2.45, 2.75) is 66.7 Å². The molecule has 0 saturated carbocycles. The molecular weight excluding hydrogens is 328 g/mol. The first-order chi connectivity index (χ1) is 12.1. The van der Waals surface area contributed by atoms with Crippen molar-refractivity contribution < 1.29 is 14.3 Å². The lowest BCUT2D eigenvalue weighted by atomic mass is 9.65. The molecule has 1 unspecified atom stereocenters. The van der Waals surface area contributed by atoms with Crippen molar-refractivity contribution in [1.82, 2.24) is 9.80 Å². The molecule has 150 valence electrons. The lowest BCUT2D eigenvalue weighted by molar-refractivity contribution is -0.139. The van der Waals surface area contributed by atoms with Crippen molar-refractivity contribution in [3.63, 3.8) is 0 Å². The second kappa shape index (κ2) is 8.83. The number of carbonyl (C=O) groups is 2. The number of nitrogens with zero attached hydrogens (tertiary/aromatic N) is 2. The Morgan fingerprint density at radius 1 is 0.962 bits per heavy atom. The van der Waals surface area contributed by atoms with E-state index in [-0.39, 0.29) is 28.6 Å². The molecule has 2 aliphatic heterocycles. The highest BCUT2D eigenvalue weighted by molar-refractivity contribution is 6.03. The lowest BCUT2D eigenvalue weighted by Crippen LogP contribution is -2.37. The van der Waals surface area contributed by atoms with Crippen molar-refractivity contribution in [3.8, 4) is 0 Å². The SMILES string of the molecule is CC(C)(C)C(C)(C)CC1CC(=O)N(CCCCCN2CCOCC2)C1=O. The Hall–Kier alpha value is -0.940.